The SMILES string of the molecule is CC(NSCCCCCN1CC(=O)NC1=O)c1cc(F)c(OCC2CC2)[nH]1. The summed E-state index contributed by atoms with van der Waals surface area (Å²) in [5.74, 6) is 1.18. The van der Waals surface area contributed by atoms with Crippen LogP contribution in [0.3, 0.4) is 0 Å². The summed E-state index contributed by atoms with van der Waals surface area (Å²) < 4.78 is 22.7. The van der Waals surface area contributed by atoms with E-state index < -0.39 is 0 Å². The predicted octanol–water partition coefficient (Wildman–Crippen LogP) is 2.96. The topological polar surface area (TPSA) is 86.5 Å². The normalized spacial score (nSPS) is 18.1. The summed E-state index contributed by atoms with van der Waals surface area (Å²) in [4.78, 5) is 27.1. The molecule has 1 saturated carbocycles. The summed E-state index contributed by atoms with van der Waals surface area (Å²) >= 11 is 1.60. The van der Waals surface area contributed by atoms with E-state index in [-0.39, 0.29) is 36.2 Å². The largest absolute Gasteiger partial charge is 0.477 e. The fraction of sp³-hybridized carbons (Fsp3) is 0.667. The Labute approximate surface area is 162 Å². The lowest BCUT2D eigenvalue weighted by molar-refractivity contribution is -0.118. The van der Waals surface area contributed by atoms with Crippen molar-refractivity contribution in [3.8, 4) is 5.88 Å². The van der Waals surface area contributed by atoms with E-state index in [2.05, 4.69) is 15.0 Å². The molecule has 0 bridgehead atoms. The summed E-state index contributed by atoms with van der Waals surface area (Å²) in [7, 11) is 0. The van der Waals surface area contributed by atoms with E-state index in [1.165, 1.54) is 18.9 Å². The maximum absolute atomic E-state index is 13.9. The van der Waals surface area contributed by atoms with Gasteiger partial charge in [-0.15, -0.1) is 0 Å². The highest BCUT2D eigenvalue weighted by atomic mass is 32.2. The standard InChI is InChI=1S/C18H27FN4O3S/c1-12(15-9-14(19)17(20-15)26-11-13-5-6-13)22-27-8-4-2-3-7-23-10-16(24)21-18(23)25/h9,12-13,20,22H,2-8,10-11H2,1H3,(H,21,24,25). The van der Waals surface area contributed by atoms with Gasteiger partial charge in [0.25, 0.3) is 0 Å². The molecule has 1 saturated heterocycles. The molecule has 2 fully saturated rings. The molecule has 7 nitrogen and oxygen atoms in total. The van der Waals surface area contributed by atoms with Gasteiger partial charge in [0.2, 0.25) is 11.8 Å². The average molecular weight is 399 g/mol. The van der Waals surface area contributed by atoms with Crippen LogP contribution in [0.25, 0.3) is 0 Å². The maximum Gasteiger partial charge on any atom is 0.324 e. The fourth-order valence-electron chi connectivity index (χ4n) is 2.82. The minimum absolute atomic E-state index is 0.0120. The number of nitrogens with zero attached hydrogens (tertiary/aromatic N) is 1. The molecule has 1 atom stereocenters. The summed E-state index contributed by atoms with van der Waals surface area (Å²) in [5.41, 5.74) is 0.774. The quantitative estimate of drug-likeness (QED) is 0.286. The third kappa shape index (κ3) is 6.14. The van der Waals surface area contributed by atoms with Gasteiger partial charge in [0.15, 0.2) is 5.82 Å². The molecule has 1 aliphatic carbocycles. The molecule has 9 heteroatoms. The molecular formula is C18H27FN4O3S. The summed E-state index contributed by atoms with van der Waals surface area (Å²) in [6, 6.07) is 1.19. The number of hydrogen-bond donors (Lipinski definition) is 3. The van der Waals surface area contributed by atoms with Crippen LogP contribution < -0.4 is 14.8 Å². The van der Waals surface area contributed by atoms with E-state index in [0.29, 0.717) is 19.1 Å². The number of rotatable bonds is 12. The van der Waals surface area contributed by atoms with Crippen LogP contribution >= 0.6 is 11.9 Å². The Hall–Kier alpha value is -1.74. The van der Waals surface area contributed by atoms with Crippen LogP contribution in [-0.4, -0.2) is 47.3 Å². The van der Waals surface area contributed by atoms with Gasteiger partial charge in [-0.2, -0.15) is 0 Å². The molecular weight excluding hydrogens is 371 g/mol. The molecule has 3 amide bonds. The van der Waals surface area contributed by atoms with E-state index in [9.17, 15) is 14.0 Å². The zero-order chi connectivity index (χ0) is 19.2. The van der Waals surface area contributed by atoms with Crippen molar-refractivity contribution in [1.29, 1.82) is 0 Å². The van der Waals surface area contributed by atoms with Gasteiger partial charge in [-0.25, -0.2) is 9.18 Å². The molecule has 3 rings (SSSR count). The number of ether oxygens (including phenoxy) is 1. The Kier molecular flexibility index (Phi) is 7.01. The number of halogens is 1. The van der Waals surface area contributed by atoms with Crippen LogP contribution in [-0.2, 0) is 4.79 Å². The van der Waals surface area contributed by atoms with Crippen LogP contribution in [0.2, 0.25) is 0 Å². The van der Waals surface area contributed by atoms with Crippen LogP contribution in [0.15, 0.2) is 6.07 Å². The van der Waals surface area contributed by atoms with Crippen LogP contribution in [0.4, 0.5) is 9.18 Å². The highest BCUT2D eigenvalue weighted by Gasteiger charge is 2.25. The number of carbonyl (C=O) groups is 2. The highest BCUT2D eigenvalue weighted by Crippen LogP contribution is 2.30. The third-order valence-electron chi connectivity index (χ3n) is 4.69. The molecule has 1 aliphatic heterocycles. The van der Waals surface area contributed by atoms with E-state index in [1.807, 2.05) is 6.92 Å². The number of aromatic amines is 1. The van der Waals surface area contributed by atoms with Crippen molar-refractivity contribution in [1.82, 2.24) is 19.9 Å². The monoisotopic (exact) mass is 398 g/mol. The minimum Gasteiger partial charge on any atom is -0.477 e. The maximum atomic E-state index is 13.9. The van der Waals surface area contributed by atoms with Gasteiger partial charge in [0.1, 0.15) is 6.54 Å². The van der Waals surface area contributed by atoms with Gasteiger partial charge in [0.05, 0.1) is 12.6 Å². The predicted molar refractivity (Wildman–Crippen MR) is 102 cm³/mol. The number of imide groups is 1. The zero-order valence-corrected chi connectivity index (χ0v) is 16.4. The van der Waals surface area contributed by atoms with Crippen molar-refractivity contribution in [2.24, 2.45) is 5.92 Å². The van der Waals surface area contributed by atoms with Crippen LogP contribution in [0.5, 0.6) is 5.88 Å². The Bertz CT molecular complexity index is 665. The van der Waals surface area contributed by atoms with Crippen molar-refractivity contribution in [3.63, 3.8) is 0 Å². The van der Waals surface area contributed by atoms with Gasteiger partial charge in [-0.3, -0.25) is 14.8 Å². The lowest BCUT2D eigenvalue weighted by atomic mass is 10.2. The number of aromatic nitrogens is 1. The van der Waals surface area contributed by atoms with Crippen LogP contribution in [0, 0.1) is 11.7 Å². The number of carbonyl (C=O) groups excluding carboxylic acids is 2. The molecule has 2 heterocycles. The number of nitrogens with one attached hydrogen (secondary N) is 3. The molecule has 0 radical (unpaired) electrons. The summed E-state index contributed by atoms with van der Waals surface area (Å²) in [6.07, 6.45) is 5.21. The first-order chi connectivity index (χ1) is 13.0. The second-order valence-electron chi connectivity index (χ2n) is 7.18. The molecule has 0 aromatic carbocycles. The number of amides is 3. The molecule has 1 aromatic heterocycles. The summed E-state index contributed by atoms with van der Waals surface area (Å²) in [6.45, 7) is 3.34. The van der Waals surface area contributed by atoms with Crippen molar-refractivity contribution in [2.45, 2.75) is 45.1 Å². The second-order valence-corrected chi connectivity index (χ2v) is 8.11. The molecule has 150 valence electrons. The zero-order valence-electron chi connectivity index (χ0n) is 15.6. The Balaban J connectivity index is 1.26. The number of hydrogen-bond acceptors (Lipinski definition) is 5. The molecule has 1 unspecified atom stereocenters. The number of urea groups is 1. The van der Waals surface area contributed by atoms with E-state index in [4.69, 9.17) is 4.74 Å². The first kappa shape index (κ1) is 20.0. The Morgan fingerprint density at radius 2 is 2.19 bits per heavy atom. The average Bonchev–Trinajstić information content (AvgIpc) is 3.30. The molecule has 1 aromatic rings. The van der Waals surface area contributed by atoms with Gasteiger partial charge >= 0.3 is 6.03 Å². The molecule has 2 aliphatic rings. The lowest BCUT2D eigenvalue weighted by Crippen LogP contribution is -2.29. The van der Waals surface area contributed by atoms with Gasteiger partial charge in [0, 0.05) is 24.1 Å². The smallest absolute Gasteiger partial charge is 0.324 e. The first-order valence-corrected chi connectivity index (χ1v) is 10.5. The molecule has 3 N–H and O–H groups in total. The van der Waals surface area contributed by atoms with Crippen molar-refractivity contribution in [3.05, 3.63) is 17.6 Å². The Morgan fingerprint density at radius 3 is 2.89 bits per heavy atom. The number of unbranched alkanes of at least 4 members (excludes halogenated alkanes) is 2. The number of H-pyrrole nitrogens is 1. The fourth-order valence-corrected chi connectivity index (χ4v) is 3.66. The third-order valence-corrected chi connectivity index (χ3v) is 5.70. The van der Waals surface area contributed by atoms with Gasteiger partial charge in [-0.05, 0) is 38.5 Å². The van der Waals surface area contributed by atoms with Gasteiger partial charge < -0.3 is 14.6 Å². The van der Waals surface area contributed by atoms with Crippen molar-refractivity contribution in [2.75, 3.05) is 25.4 Å². The highest BCUT2D eigenvalue weighted by molar-refractivity contribution is 7.97. The van der Waals surface area contributed by atoms with E-state index in [1.54, 1.807) is 16.8 Å². The summed E-state index contributed by atoms with van der Waals surface area (Å²) in [5, 5.41) is 2.27. The van der Waals surface area contributed by atoms with Crippen molar-refractivity contribution >= 4 is 23.9 Å². The van der Waals surface area contributed by atoms with Gasteiger partial charge in [-0.1, -0.05) is 18.4 Å². The Morgan fingerprint density at radius 1 is 1.37 bits per heavy atom. The van der Waals surface area contributed by atoms with Crippen LogP contribution in [0.1, 0.15) is 50.8 Å². The first-order valence-electron chi connectivity index (χ1n) is 9.50. The van der Waals surface area contributed by atoms with E-state index >= 15 is 0 Å². The lowest BCUT2D eigenvalue weighted by Gasteiger charge is -2.13. The minimum atomic E-state index is -0.339. The molecule has 0 spiro atoms. The molecule has 27 heavy (non-hydrogen) atoms. The van der Waals surface area contributed by atoms with Crippen molar-refractivity contribution < 1.29 is 18.7 Å². The van der Waals surface area contributed by atoms with E-state index in [0.717, 1.165) is 30.7 Å². The second kappa shape index (κ2) is 9.45.